The molecule has 1 aliphatic heterocycles. The molecule has 2 aromatic heterocycles. The van der Waals surface area contributed by atoms with Crippen LogP contribution in [0.15, 0.2) is 66.9 Å². The zero-order chi connectivity index (χ0) is 20.5. The highest BCUT2D eigenvalue weighted by Crippen LogP contribution is 2.25. The monoisotopic (exact) mass is 400 g/mol. The van der Waals surface area contributed by atoms with E-state index >= 15 is 0 Å². The van der Waals surface area contributed by atoms with Crippen molar-refractivity contribution in [1.29, 1.82) is 0 Å². The molecule has 1 fully saturated rings. The van der Waals surface area contributed by atoms with Crippen molar-refractivity contribution in [2.24, 2.45) is 7.05 Å². The van der Waals surface area contributed by atoms with Crippen LogP contribution in [0.2, 0.25) is 0 Å². The molecule has 0 bridgehead atoms. The van der Waals surface area contributed by atoms with Gasteiger partial charge in [0.15, 0.2) is 0 Å². The second-order valence-electron chi connectivity index (χ2n) is 7.59. The van der Waals surface area contributed by atoms with Gasteiger partial charge in [-0.3, -0.25) is 9.48 Å². The number of hydrogen-bond acceptors (Lipinski definition) is 4. The van der Waals surface area contributed by atoms with Crippen molar-refractivity contribution in [2.75, 3.05) is 31.1 Å². The van der Waals surface area contributed by atoms with E-state index in [-0.39, 0.29) is 5.91 Å². The van der Waals surface area contributed by atoms with Crippen molar-refractivity contribution in [2.45, 2.75) is 6.54 Å². The van der Waals surface area contributed by atoms with Gasteiger partial charge in [0.2, 0.25) is 5.95 Å². The van der Waals surface area contributed by atoms with E-state index in [2.05, 4.69) is 57.0 Å². The van der Waals surface area contributed by atoms with Gasteiger partial charge in [0.05, 0.1) is 17.6 Å². The third-order valence-electron chi connectivity index (χ3n) is 5.71. The molecule has 3 heterocycles. The van der Waals surface area contributed by atoms with Crippen LogP contribution >= 0.6 is 0 Å². The first kappa shape index (κ1) is 18.4. The van der Waals surface area contributed by atoms with Gasteiger partial charge < -0.3 is 14.4 Å². The normalized spacial score (nSPS) is 14.4. The summed E-state index contributed by atoms with van der Waals surface area (Å²) in [5, 5.41) is 4.12. The summed E-state index contributed by atoms with van der Waals surface area (Å²) in [6.07, 6.45) is 1.66. The minimum Gasteiger partial charge on any atom is -0.339 e. The van der Waals surface area contributed by atoms with Crippen LogP contribution in [0.5, 0.6) is 0 Å². The van der Waals surface area contributed by atoms with E-state index < -0.39 is 0 Å². The smallest absolute Gasteiger partial charge is 0.272 e. The van der Waals surface area contributed by atoms with Crippen molar-refractivity contribution < 1.29 is 4.79 Å². The predicted octanol–water partition coefficient (Wildman–Crippen LogP) is 2.78. The molecule has 0 spiro atoms. The highest BCUT2D eigenvalue weighted by Gasteiger charge is 2.26. The Morgan fingerprint density at radius 2 is 1.67 bits per heavy atom. The Morgan fingerprint density at radius 1 is 0.933 bits per heavy atom. The van der Waals surface area contributed by atoms with Gasteiger partial charge in [0, 0.05) is 39.4 Å². The van der Waals surface area contributed by atoms with Crippen molar-refractivity contribution in [3.8, 4) is 0 Å². The standard InChI is InChI=1S/C23H24N6O/c1-26-21(11-12-24-26)22(30)27-13-15-28(16-14-27)23-25-19-9-5-6-10-20(19)29(23)17-18-7-3-2-4-8-18/h2-12H,13-17H2,1H3. The third kappa shape index (κ3) is 3.32. The molecule has 5 rings (SSSR count). The van der Waals surface area contributed by atoms with E-state index in [4.69, 9.17) is 4.98 Å². The van der Waals surface area contributed by atoms with Crippen LogP contribution in [0.4, 0.5) is 5.95 Å². The minimum atomic E-state index is 0.0347. The first-order valence-electron chi connectivity index (χ1n) is 10.2. The largest absolute Gasteiger partial charge is 0.339 e. The van der Waals surface area contributed by atoms with Gasteiger partial charge in [0.25, 0.3) is 5.91 Å². The highest BCUT2D eigenvalue weighted by molar-refractivity contribution is 5.92. The summed E-state index contributed by atoms with van der Waals surface area (Å²) in [5.41, 5.74) is 3.99. The molecule has 0 radical (unpaired) electrons. The fraction of sp³-hybridized carbons (Fsp3) is 0.261. The molecular formula is C23H24N6O. The van der Waals surface area contributed by atoms with Crippen LogP contribution < -0.4 is 4.90 Å². The number of piperazine rings is 1. The average molecular weight is 400 g/mol. The van der Waals surface area contributed by atoms with Crippen LogP contribution in [0.1, 0.15) is 16.1 Å². The number of benzene rings is 2. The average Bonchev–Trinajstić information content (AvgIpc) is 3.38. The SMILES string of the molecule is Cn1nccc1C(=O)N1CCN(c2nc3ccccc3n2Cc2ccccc2)CC1. The maximum absolute atomic E-state index is 12.8. The number of carbonyl (C=O) groups is 1. The first-order chi connectivity index (χ1) is 14.7. The summed E-state index contributed by atoms with van der Waals surface area (Å²) in [7, 11) is 1.80. The van der Waals surface area contributed by atoms with Crippen LogP contribution in [-0.2, 0) is 13.6 Å². The van der Waals surface area contributed by atoms with Gasteiger partial charge in [-0.25, -0.2) is 4.98 Å². The second kappa shape index (κ2) is 7.67. The van der Waals surface area contributed by atoms with Crippen LogP contribution in [0.3, 0.4) is 0 Å². The lowest BCUT2D eigenvalue weighted by molar-refractivity contribution is 0.0735. The number of anilines is 1. The Labute approximate surface area is 175 Å². The number of para-hydroxylation sites is 2. The third-order valence-corrected chi connectivity index (χ3v) is 5.71. The maximum Gasteiger partial charge on any atom is 0.272 e. The minimum absolute atomic E-state index is 0.0347. The molecule has 7 nitrogen and oxygen atoms in total. The van der Waals surface area contributed by atoms with Gasteiger partial charge >= 0.3 is 0 Å². The lowest BCUT2D eigenvalue weighted by atomic mass is 10.2. The molecule has 0 atom stereocenters. The molecular weight excluding hydrogens is 376 g/mol. The molecule has 0 aliphatic carbocycles. The number of imidazole rings is 1. The van der Waals surface area contributed by atoms with Gasteiger partial charge in [-0.05, 0) is 23.8 Å². The number of fused-ring (bicyclic) bond motifs is 1. The van der Waals surface area contributed by atoms with E-state index in [1.54, 1.807) is 24.0 Å². The summed E-state index contributed by atoms with van der Waals surface area (Å²) < 4.78 is 3.91. The quantitative estimate of drug-likeness (QED) is 0.529. The molecule has 0 N–H and O–H groups in total. The fourth-order valence-corrected chi connectivity index (χ4v) is 4.08. The van der Waals surface area contributed by atoms with Crippen LogP contribution in [-0.4, -0.2) is 56.3 Å². The topological polar surface area (TPSA) is 59.2 Å². The molecule has 0 unspecified atom stereocenters. The summed E-state index contributed by atoms with van der Waals surface area (Å²) >= 11 is 0. The number of rotatable bonds is 4. The van der Waals surface area contributed by atoms with Crippen LogP contribution in [0, 0.1) is 0 Å². The summed E-state index contributed by atoms with van der Waals surface area (Å²) in [4.78, 5) is 21.9. The number of aromatic nitrogens is 4. The first-order valence-corrected chi connectivity index (χ1v) is 10.2. The molecule has 0 saturated carbocycles. The van der Waals surface area contributed by atoms with E-state index in [9.17, 15) is 4.79 Å². The van der Waals surface area contributed by atoms with Gasteiger partial charge in [0.1, 0.15) is 5.69 Å². The zero-order valence-corrected chi connectivity index (χ0v) is 17.0. The fourth-order valence-electron chi connectivity index (χ4n) is 4.08. The zero-order valence-electron chi connectivity index (χ0n) is 17.0. The molecule has 7 heteroatoms. The lowest BCUT2D eigenvalue weighted by Crippen LogP contribution is -2.49. The molecule has 1 aliphatic rings. The number of aryl methyl sites for hydroxylation is 1. The van der Waals surface area contributed by atoms with Crippen LogP contribution in [0.25, 0.3) is 11.0 Å². The summed E-state index contributed by atoms with van der Waals surface area (Å²) in [6, 6.07) is 20.5. The van der Waals surface area contributed by atoms with Gasteiger partial charge in [-0.15, -0.1) is 0 Å². The van der Waals surface area contributed by atoms with Crippen molar-refractivity contribution in [1.82, 2.24) is 24.2 Å². The van der Waals surface area contributed by atoms with Crippen molar-refractivity contribution in [3.05, 3.63) is 78.1 Å². The second-order valence-corrected chi connectivity index (χ2v) is 7.59. The van der Waals surface area contributed by atoms with E-state index in [1.165, 1.54) is 5.56 Å². The van der Waals surface area contributed by atoms with E-state index in [1.807, 2.05) is 17.0 Å². The number of amides is 1. The number of nitrogens with zero attached hydrogens (tertiary/aromatic N) is 6. The molecule has 1 saturated heterocycles. The van der Waals surface area contributed by atoms with Gasteiger partial charge in [-0.1, -0.05) is 42.5 Å². The van der Waals surface area contributed by atoms with E-state index in [0.29, 0.717) is 18.8 Å². The molecule has 30 heavy (non-hydrogen) atoms. The Bertz CT molecular complexity index is 1170. The Hall–Kier alpha value is -3.61. The molecule has 152 valence electrons. The summed E-state index contributed by atoms with van der Waals surface area (Å²) in [6.45, 7) is 3.60. The Kier molecular flexibility index (Phi) is 4.71. The van der Waals surface area contributed by atoms with Crippen molar-refractivity contribution >= 4 is 22.9 Å². The maximum atomic E-state index is 12.8. The molecule has 1 amide bonds. The number of hydrogen-bond donors (Lipinski definition) is 0. The molecule has 2 aromatic carbocycles. The van der Waals surface area contributed by atoms with Crippen molar-refractivity contribution in [3.63, 3.8) is 0 Å². The summed E-state index contributed by atoms with van der Waals surface area (Å²) in [5.74, 6) is 1.00. The Morgan fingerprint density at radius 3 is 2.40 bits per heavy atom. The van der Waals surface area contributed by atoms with E-state index in [0.717, 1.165) is 36.6 Å². The molecule has 4 aromatic rings. The highest BCUT2D eigenvalue weighted by atomic mass is 16.2. The lowest BCUT2D eigenvalue weighted by Gasteiger charge is -2.35. The predicted molar refractivity (Wildman–Crippen MR) is 117 cm³/mol. The number of carbonyl (C=O) groups excluding carboxylic acids is 1. The van der Waals surface area contributed by atoms with Gasteiger partial charge in [-0.2, -0.15) is 5.10 Å². The Balaban J connectivity index is 1.40.